The van der Waals surface area contributed by atoms with E-state index in [9.17, 15) is 4.79 Å². The van der Waals surface area contributed by atoms with Crippen LogP contribution in [0, 0.1) is 0 Å². The highest BCUT2D eigenvalue weighted by atomic mass is 35.5. The van der Waals surface area contributed by atoms with Crippen molar-refractivity contribution in [2.45, 2.75) is 25.9 Å². The van der Waals surface area contributed by atoms with Crippen LogP contribution in [0.4, 0.5) is 5.69 Å². The molecule has 120 valence electrons. The van der Waals surface area contributed by atoms with Crippen molar-refractivity contribution >= 4 is 23.2 Å². The summed E-state index contributed by atoms with van der Waals surface area (Å²) in [4.78, 5) is 16.6. The van der Waals surface area contributed by atoms with Gasteiger partial charge in [-0.1, -0.05) is 41.9 Å². The lowest BCUT2D eigenvalue weighted by atomic mass is 10.1. The molecular formula is C19H21ClN2O. The monoisotopic (exact) mass is 328 g/mol. The molecule has 0 fully saturated rings. The van der Waals surface area contributed by atoms with Crippen LogP contribution in [0.1, 0.15) is 18.1 Å². The summed E-state index contributed by atoms with van der Waals surface area (Å²) in [6.07, 6.45) is 1.00. The van der Waals surface area contributed by atoms with E-state index in [1.165, 1.54) is 11.3 Å². The highest BCUT2D eigenvalue weighted by Gasteiger charge is 2.27. The van der Waals surface area contributed by atoms with E-state index in [0.717, 1.165) is 12.0 Å². The fraction of sp³-hybridized carbons (Fsp3) is 0.316. The van der Waals surface area contributed by atoms with Gasteiger partial charge in [-0.15, -0.1) is 0 Å². The van der Waals surface area contributed by atoms with E-state index >= 15 is 0 Å². The standard InChI is InChI=1S/C19H21ClN2O/c1-14-11-16-5-3-4-6-18(16)22(14)13-19(23)21(2)12-15-7-9-17(20)10-8-15/h3-10,14H,11-13H2,1-2H3/t14-/m0/s1. The van der Waals surface area contributed by atoms with Crippen LogP contribution in [-0.4, -0.2) is 30.4 Å². The normalized spacial score (nSPS) is 16.3. The average Bonchev–Trinajstić information content (AvgIpc) is 2.85. The van der Waals surface area contributed by atoms with Gasteiger partial charge in [-0.2, -0.15) is 0 Å². The van der Waals surface area contributed by atoms with Gasteiger partial charge in [-0.05, 0) is 42.7 Å². The number of hydrogen-bond donors (Lipinski definition) is 0. The molecule has 3 rings (SSSR count). The van der Waals surface area contributed by atoms with Gasteiger partial charge in [0.15, 0.2) is 0 Å². The molecule has 0 N–H and O–H groups in total. The molecule has 0 unspecified atom stereocenters. The second-order valence-corrected chi connectivity index (χ2v) is 6.62. The van der Waals surface area contributed by atoms with Crippen LogP contribution in [0.5, 0.6) is 0 Å². The number of hydrogen-bond acceptors (Lipinski definition) is 2. The largest absolute Gasteiger partial charge is 0.359 e. The first kappa shape index (κ1) is 15.9. The van der Waals surface area contributed by atoms with Crippen molar-refractivity contribution in [2.75, 3.05) is 18.5 Å². The van der Waals surface area contributed by atoms with Gasteiger partial charge >= 0.3 is 0 Å². The zero-order valence-corrected chi connectivity index (χ0v) is 14.3. The second kappa shape index (κ2) is 6.63. The van der Waals surface area contributed by atoms with Gasteiger partial charge in [0, 0.05) is 30.3 Å². The maximum Gasteiger partial charge on any atom is 0.242 e. The number of amides is 1. The van der Waals surface area contributed by atoms with Gasteiger partial charge < -0.3 is 9.80 Å². The van der Waals surface area contributed by atoms with E-state index in [4.69, 9.17) is 11.6 Å². The fourth-order valence-electron chi connectivity index (χ4n) is 3.09. The molecule has 1 amide bonds. The minimum Gasteiger partial charge on any atom is -0.359 e. The molecule has 0 bridgehead atoms. The Kier molecular flexibility index (Phi) is 4.58. The van der Waals surface area contributed by atoms with Crippen molar-refractivity contribution in [3.05, 3.63) is 64.7 Å². The Hall–Kier alpha value is -2.00. The number of likely N-dealkylation sites (N-methyl/N-ethyl adjacent to an activating group) is 1. The van der Waals surface area contributed by atoms with Gasteiger partial charge in [-0.3, -0.25) is 4.79 Å². The minimum absolute atomic E-state index is 0.128. The number of carbonyl (C=O) groups is 1. The molecular weight excluding hydrogens is 308 g/mol. The van der Waals surface area contributed by atoms with Crippen molar-refractivity contribution in [3.8, 4) is 0 Å². The van der Waals surface area contributed by atoms with Crippen LogP contribution in [0.3, 0.4) is 0 Å². The molecule has 2 aromatic carbocycles. The van der Waals surface area contributed by atoms with Crippen molar-refractivity contribution in [2.24, 2.45) is 0 Å². The van der Waals surface area contributed by atoms with Gasteiger partial charge in [0.25, 0.3) is 0 Å². The second-order valence-electron chi connectivity index (χ2n) is 6.19. The molecule has 1 atom stereocenters. The van der Waals surface area contributed by atoms with Gasteiger partial charge in [0.05, 0.1) is 6.54 Å². The number of halogens is 1. The summed E-state index contributed by atoms with van der Waals surface area (Å²) in [7, 11) is 1.85. The smallest absolute Gasteiger partial charge is 0.242 e. The maximum atomic E-state index is 12.6. The first-order valence-corrected chi connectivity index (χ1v) is 8.25. The Morgan fingerprint density at radius 1 is 1.22 bits per heavy atom. The SMILES string of the molecule is C[C@H]1Cc2ccccc2N1CC(=O)N(C)Cc1ccc(Cl)cc1. The summed E-state index contributed by atoms with van der Waals surface area (Å²) in [5, 5.41) is 0.713. The lowest BCUT2D eigenvalue weighted by molar-refractivity contribution is -0.129. The molecule has 1 heterocycles. The fourth-order valence-corrected chi connectivity index (χ4v) is 3.21. The number of nitrogens with zero attached hydrogens (tertiary/aromatic N) is 2. The molecule has 0 spiro atoms. The summed E-state index contributed by atoms with van der Waals surface area (Å²) in [6, 6.07) is 16.3. The molecule has 0 aromatic heterocycles. The Morgan fingerprint density at radius 2 is 1.91 bits per heavy atom. The highest BCUT2D eigenvalue weighted by molar-refractivity contribution is 6.30. The van der Waals surface area contributed by atoms with Crippen LogP contribution in [0.2, 0.25) is 5.02 Å². The number of rotatable bonds is 4. The van der Waals surface area contributed by atoms with Crippen molar-refractivity contribution in [1.82, 2.24) is 4.90 Å². The third-order valence-corrected chi connectivity index (χ3v) is 4.66. The summed E-state index contributed by atoms with van der Waals surface area (Å²) in [5.74, 6) is 0.128. The lowest BCUT2D eigenvalue weighted by Crippen LogP contribution is -2.40. The summed E-state index contributed by atoms with van der Waals surface area (Å²) in [6.45, 7) is 3.19. The van der Waals surface area contributed by atoms with Crippen LogP contribution in [-0.2, 0) is 17.8 Å². The molecule has 0 saturated heterocycles. The molecule has 0 saturated carbocycles. The molecule has 3 nitrogen and oxygen atoms in total. The van der Waals surface area contributed by atoms with Crippen LogP contribution in [0.15, 0.2) is 48.5 Å². The summed E-state index contributed by atoms with van der Waals surface area (Å²) >= 11 is 5.90. The maximum absolute atomic E-state index is 12.6. The third-order valence-electron chi connectivity index (χ3n) is 4.41. The highest BCUT2D eigenvalue weighted by Crippen LogP contribution is 2.31. The van der Waals surface area contributed by atoms with E-state index in [1.807, 2.05) is 37.4 Å². The Labute approximate surface area is 142 Å². The zero-order chi connectivity index (χ0) is 16.4. The van der Waals surface area contributed by atoms with Crippen molar-refractivity contribution < 1.29 is 4.79 Å². The van der Waals surface area contributed by atoms with E-state index in [1.54, 1.807) is 4.90 Å². The first-order valence-electron chi connectivity index (χ1n) is 7.87. The predicted molar refractivity (Wildman–Crippen MR) is 94.9 cm³/mol. The quantitative estimate of drug-likeness (QED) is 0.853. The summed E-state index contributed by atoms with van der Waals surface area (Å²) < 4.78 is 0. The molecule has 4 heteroatoms. The average molecular weight is 329 g/mol. The van der Waals surface area contributed by atoms with E-state index in [0.29, 0.717) is 24.2 Å². The minimum atomic E-state index is 0.128. The van der Waals surface area contributed by atoms with E-state index in [2.05, 4.69) is 30.0 Å². The van der Waals surface area contributed by atoms with Crippen molar-refractivity contribution in [1.29, 1.82) is 0 Å². The number of fused-ring (bicyclic) bond motifs is 1. The summed E-state index contributed by atoms with van der Waals surface area (Å²) in [5.41, 5.74) is 3.60. The number of carbonyl (C=O) groups excluding carboxylic acids is 1. The van der Waals surface area contributed by atoms with E-state index in [-0.39, 0.29) is 5.91 Å². The Morgan fingerprint density at radius 3 is 2.65 bits per heavy atom. The first-order chi connectivity index (χ1) is 11.0. The zero-order valence-electron chi connectivity index (χ0n) is 13.5. The predicted octanol–water partition coefficient (Wildman–Crippen LogP) is 3.75. The third kappa shape index (κ3) is 3.50. The molecule has 2 aromatic rings. The molecule has 23 heavy (non-hydrogen) atoms. The number of benzene rings is 2. The molecule has 0 aliphatic carbocycles. The number of para-hydroxylation sites is 1. The van der Waals surface area contributed by atoms with Crippen LogP contribution >= 0.6 is 11.6 Å². The molecule has 1 aliphatic rings. The van der Waals surface area contributed by atoms with Crippen molar-refractivity contribution in [3.63, 3.8) is 0 Å². The van der Waals surface area contributed by atoms with Crippen LogP contribution in [0.25, 0.3) is 0 Å². The lowest BCUT2D eigenvalue weighted by Gasteiger charge is -2.27. The van der Waals surface area contributed by atoms with Gasteiger partial charge in [0.1, 0.15) is 0 Å². The van der Waals surface area contributed by atoms with Crippen LogP contribution < -0.4 is 4.90 Å². The van der Waals surface area contributed by atoms with E-state index < -0.39 is 0 Å². The van der Waals surface area contributed by atoms with Gasteiger partial charge in [0.2, 0.25) is 5.91 Å². The Bertz CT molecular complexity index is 699. The molecule has 1 aliphatic heterocycles. The molecule has 0 radical (unpaired) electrons. The van der Waals surface area contributed by atoms with Gasteiger partial charge in [-0.25, -0.2) is 0 Å². The Balaban J connectivity index is 1.66. The number of anilines is 1. The topological polar surface area (TPSA) is 23.6 Å².